The van der Waals surface area contributed by atoms with Crippen molar-refractivity contribution in [3.8, 4) is 0 Å². The topological polar surface area (TPSA) is 49.4 Å². The number of carbonyl (C=O) groups excluding carboxylic acids is 2. The van der Waals surface area contributed by atoms with Gasteiger partial charge >= 0.3 is 0 Å². The predicted molar refractivity (Wildman–Crippen MR) is 71.1 cm³/mol. The number of likely N-dealkylation sites (tertiary alicyclic amines) is 1. The number of thiophene rings is 1. The Morgan fingerprint density at radius 1 is 1.44 bits per heavy atom. The minimum atomic E-state index is 0.0561. The Balaban J connectivity index is 1.75. The Hall–Kier alpha value is -1.36. The maximum Gasteiger partial charge on any atom is 0.223 e. The lowest BCUT2D eigenvalue weighted by Crippen LogP contribution is -2.42. The van der Waals surface area contributed by atoms with Crippen molar-refractivity contribution < 1.29 is 9.59 Å². The van der Waals surface area contributed by atoms with Gasteiger partial charge in [0.25, 0.3) is 0 Å². The van der Waals surface area contributed by atoms with Crippen molar-refractivity contribution in [3.05, 3.63) is 22.4 Å². The van der Waals surface area contributed by atoms with Crippen LogP contribution in [0.5, 0.6) is 0 Å². The third-order valence-electron chi connectivity index (χ3n) is 3.33. The molecular formula is C13H18N2O2S. The molecule has 18 heavy (non-hydrogen) atoms. The Morgan fingerprint density at radius 3 is 2.72 bits per heavy atom. The minimum absolute atomic E-state index is 0.0561. The van der Waals surface area contributed by atoms with Crippen molar-refractivity contribution in [3.63, 3.8) is 0 Å². The number of carbonyl (C=O) groups is 2. The predicted octanol–water partition coefficient (Wildman–Crippen LogP) is 1.62. The normalized spacial score (nSPS) is 16.6. The van der Waals surface area contributed by atoms with Crippen LogP contribution in [0.3, 0.4) is 0 Å². The van der Waals surface area contributed by atoms with Crippen molar-refractivity contribution in [2.24, 2.45) is 5.92 Å². The van der Waals surface area contributed by atoms with Gasteiger partial charge in [0, 0.05) is 30.8 Å². The van der Waals surface area contributed by atoms with Crippen LogP contribution in [0.25, 0.3) is 0 Å². The van der Waals surface area contributed by atoms with Crippen LogP contribution < -0.4 is 5.32 Å². The van der Waals surface area contributed by atoms with E-state index in [0.717, 1.165) is 12.8 Å². The fraction of sp³-hybridized carbons (Fsp3) is 0.538. The summed E-state index contributed by atoms with van der Waals surface area (Å²) in [5.41, 5.74) is 0. The molecule has 0 bridgehead atoms. The van der Waals surface area contributed by atoms with Gasteiger partial charge in [-0.1, -0.05) is 6.07 Å². The van der Waals surface area contributed by atoms with E-state index < -0.39 is 0 Å². The van der Waals surface area contributed by atoms with Crippen LogP contribution in [0.2, 0.25) is 0 Å². The third-order valence-corrected chi connectivity index (χ3v) is 4.20. The van der Waals surface area contributed by atoms with Crippen molar-refractivity contribution in [2.45, 2.75) is 26.3 Å². The zero-order valence-corrected chi connectivity index (χ0v) is 11.3. The van der Waals surface area contributed by atoms with E-state index in [1.165, 1.54) is 4.88 Å². The molecule has 1 aromatic heterocycles. The van der Waals surface area contributed by atoms with Crippen molar-refractivity contribution >= 4 is 23.2 Å². The first-order valence-electron chi connectivity index (χ1n) is 6.22. The number of hydrogen-bond acceptors (Lipinski definition) is 3. The second kappa shape index (κ2) is 6.00. The van der Waals surface area contributed by atoms with Crippen LogP contribution >= 0.6 is 11.3 Å². The standard InChI is InChI=1S/C13H18N2O2S/c1-10(16)15-6-4-11(5-7-15)13(17)14-9-12-3-2-8-18-12/h2-3,8,11H,4-7,9H2,1H3,(H,14,17). The van der Waals surface area contributed by atoms with E-state index in [1.807, 2.05) is 22.4 Å². The number of nitrogens with zero attached hydrogens (tertiary/aromatic N) is 1. The second-order valence-electron chi connectivity index (χ2n) is 4.58. The summed E-state index contributed by atoms with van der Waals surface area (Å²) < 4.78 is 0. The van der Waals surface area contributed by atoms with Crippen molar-refractivity contribution in [1.29, 1.82) is 0 Å². The highest BCUT2D eigenvalue weighted by atomic mass is 32.1. The first kappa shape index (κ1) is 13.1. The highest BCUT2D eigenvalue weighted by Crippen LogP contribution is 2.17. The van der Waals surface area contributed by atoms with Crippen LogP contribution in [0.1, 0.15) is 24.6 Å². The molecule has 2 amide bonds. The first-order valence-corrected chi connectivity index (χ1v) is 7.10. The van der Waals surface area contributed by atoms with Gasteiger partial charge in [0.2, 0.25) is 11.8 Å². The molecule has 4 nitrogen and oxygen atoms in total. The molecule has 0 spiro atoms. The summed E-state index contributed by atoms with van der Waals surface area (Å²) in [6.07, 6.45) is 1.55. The number of amides is 2. The van der Waals surface area contributed by atoms with Crippen molar-refractivity contribution in [2.75, 3.05) is 13.1 Å². The molecule has 2 heterocycles. The lowest BCUT2D eigenvalue weighted by molar-refractivity contribution is -0.134. The molecule has 1 aliphatic rings. The van der Waals surface area contributed by atoms with E-state index in [1.54, 1.807) is 18.3 Å². The van der Waals surface area contributed by atoms with E-state index in [9.17, 15) is 9.59 Å². The van der Waals surface area contributed by atoms with Gasteiger partial charge in [0.1, 0.15) is 0 Å². The smallest absolute Gasteiger partial charge is 0.223 e. The van der Waals surface area contributed by atoms with Gasteiger partial charge in [-0.05, 0) is 24.3 Å². The summed E-state index contributed by atoms with van der Waals surface area (Å²) in [5.74, 6) is 0.277. The van der Waals surface area contributed by atoms with E-state index in [0.29, 0.717) is 19.6 Å². The highest BCUT2D eigenvalue weighted by Gasteiger charge is 2.25. The molecule has 1 aliphatic heterocycles. The molecule has 98 valence electrons. The van der Waals surface area contributed by atoms with Gasteiger partial charge in [-0.25, -0.2) is 0 Å². The number of hydrogen-bond donors (Lipinski definition) is 1. The molecule has 5 heteroatoms. The number of piperidine rings is 1. The van der Waals surface area contributed by atoms with Gasteiger partial charge < -0.3 is 10.2 Å². The van der Waals surface area contributed by atoms with Crippen LogP contribution in [-0.2, 0) is 16.1 Å². The molecule has 1 N–H and O–H groups in total. The molecule has 0 unspecified atom stereocenters. The summed E-state index contributed by atoms with van der Waals surface area (Å²) in [6.45, 7) is 3.60. The molecule has 0 aromatic carbocycles. The Bertz CT molecular complexity index is 409. The third kappa shape index (κ3) is 3.32. The Morgan fingerprint density at radius 2 is 2.17 bits per heavy atom. The summed E-state index contributed by atoms with van der Waals surface area (Å²) in [5, 5.41) is 4.97. The fourth-order valence-electron chi connectivity index (χ4n) is 2.19. The molecule has 1 saturated heterocycles. The van der Waals surface area contributed by atoms with Crippen molar-refractivity contribution in [1.82, 2.24) is 10.2 Å². The maximum absolute atomic E-state index is 12.0. The summed E-state index contributed by atoms with van der Waals surface area (Å²) in [7, 11) is 0. The fourth-order valence-corrected chi connectivity index (χ4v) is 2.83. The zero-order chi connectivity index (χ0) is 13.0. The summed E-state index contributed by atoms with van der Waals surface area (Å²) in [6, 6.07) is 4.00. The van der Waals surface area contributed by atoms with Crippen LogP contribution in [0, 0.1) is 5.92 Å². The maximum atomic E-state index is 12.0. The van der Waals surface area contributed by atoms with Gasteiger partial charge in [0.05, 0.1) is 6.54 Å². The molecular weight excluding hydrogens is 248 g/mol. The van der Waals surface area contributed by atoms with Gasteiger partial charge in [-0.3, -0.25) is 9.59 Å². The zero-order valence-electron chi connectivity index (χ0n) is 10.5. The summed E-state index contributed by atoms with van der Waals surface area (Å²) >= 11 is 1.65. The quantitative estimate of drug-likeness (QED) is 0.904. The lowest BCUT2D eigenvalue weighted by atomic mass is 9.96. The summed E-state index contributed by atoms with van der Waals surface area (Å²) in [4.78, 5) is 26.1. The SMILES string of the molecule is CC(=O)N1CCC(C(=O)NCc2cccs2)CC1. The number of rotatable bonds is 3. The van der Waals surface area contributed by atoms with E-state index >= 15 is 0 Å². The molecule has 1 fully saturated rings. The second-order valence-corrected chi connectivity index (χ2v) is 5.61. The minimum Gasteiger partial charge on any atom is -0.351 e. The van der Waals surface area contributed by atoms with E-state index in [4.69, 9.17) is 0 Å². The van der Waals surface area contributed by atoms with E-state index in [2.05, 4.69) is 5.32 Å². The monoisotopic (exact) mass is 266 g/mol. The van der Waals surface area contributed by atoms with Crippen LogP contribution in [-0.4, -0.2) is 29.8 Å². The average Bonchev–Trinajstić information content (AvgIpc) is 2.89. The molecule has 0 aliphatic carbocycles. The van der Waals surface area contributed by atoms with Crippen LogP contribution in [0.15, 0.2) is 17.5 Å². The highest BCUT2D eigenvalue weighted by molar-refractivity contribution is 7.09. The number of nitrogens with one attached hydrogen (secondary N) is 1. The largest absolute Gasteiger partial charge is 0.351 e. The molecule has 0 radical (unpaired) electrons. The Labute approximate surface area is 111 Å². The molecule has 1 aromatic rings. The van der Waals surface area contributed by atoms with Gasteiger partial charge in [0.15, 0.2) is 0 Å². The Kier molecular flexibility index (Phi) is 4.36. The van der Waals surface area contributed by atoms with Crippen LogP contribution in [0.4, 0.5) is 0 Å². The average molecular weight is 266 g/mol. The molecule has 2 rings (SSSR count). The molecule has 0 atom stereocenters. The van der Waals surface area contributed by atoms with Gasteiger partial charge in [-0.15, -0.1) is 11.3 Å². The van der Waals surface area contributed by atoms with Gasteiger partial charge in [-0.2, -0.15) is 0 Å². The first-order chi connectivity index (χ1) is 8.66. The molecule has 0 saturated carbocycles. The lowest BCUT2D eigenvalue weighted by Gasteiger charge is -2.30. The van der Waals surface area contributed by atoms with E-state index in [-0.39, 0.29) is 17.7 Å².